The molecule has 2 heterocycles. The van der Waals surface area contributed by atoms with Crippen molar-refractivity contribution < 1.29 is 0 Å². The third kappa shape index (κ3) is 3.85. The Morgan fingerprint density at radius 2 is 1.53 bits per heavy atom. The fourth-order valence-corrected chi connectivity index (χ4v) is 4.76. The highest BCUT2D eigenvalue weighted by atomic mass is 79.9. The Morgan fingerprint density at radius 3 is 2.35 bits per heavy atom. The number of allylic oxidation sites excluding steroid dienone is 1. The monoisotopic (exact) mass is 523 g/mol. The number of benzene rings is 4. The van der Waals surface area contributed by atoms with Gasteiger partial charge < -0.3 is 10.3 Å². The van der Waals surface area contributed by atoms with E-state index in [4.69, 9.17) is 16.6 Å². The van der Waals surface area contributed by atoms with Gasteiger partial charge in [-0.1, -0.05) is 82.1 Å². The summed E-state index contributed by atoms with van der Waals surface area (Å²) in [5.74, 6) is 0. The summed E-state index contributed by atoms with van der Waals surface area (Å²) in [7, 11) is 0. The van der Waals surface area contributed by atoms with Gasteiger partial charge in [0, 0.05) is 31.5 Å². The molecule has 6 rings (SSSR count). The van der Waals surface area contributed by atoms with Crippen molar-refractivity contribution in [3.63, 3.8) is 0 Å². The summed E-state index contributed by atoms with van der Waals surface area (Å²) in [6, 6.07) is 32.7. The van der Waals surface area contributed by atoms with Crippen LogP contribution in [0.25, 0.3) is 27.9 Å². The van der Waals surface area contributed by atoms with E-state index in [-0.39, 0.29) is 0 Å². The molecule has 0 spiro atoms. The average molecular weight is 525 g/mol. The molecule has 1 aromatic heterocycles. The molecule has 3 nitrogen and oxygen atoms in total. The molecule has 4 aromatic carbocycles. The van der Waals surface area contributed by atoms with Crippen LogP contribution in [0.4, 0.5) is 11.4 Å². The van der Waals surface area contributed by atoms with Gasteiger partial charge in [-0.15, -0.1) is 0 Å². The molecule has 0 atom stereocenters. The topological polar surface area (TPSA) is 40.2 Å². The maximum atomic E-state index is 6.46. The number of rotatable bonds is 3. The molecule has 2 N–H and O–H groups in total. The van der Waals surface area contributed by atoms with E-state index in [1.807, 2.05) is 54.6 Å². The first-order chi connectivity index (χ1) is 16.7. The lowest BCUT2D eigenvalue weighted by molar-refractivity contribution is 1.43. The third-order valence-electron chi connectivity index (χ3n) is 5.93. The van der Waals surface area contributed by atoms with Gasteiger partial charge in [0.25, 0.3) is 0 Å². The zero-order chi connectivity index (χ0) is 23.1. The second-order valence-corrected chi connectivity index (χ2v) is 9.49. The highest BCUT2D eigenvalue weighted by Crippen LogP contribution is 2.40. The minimum atomic E-state index is 0.698. The van der Waals surface area contributed by atoms with E-state index in [0.717, 1.165) is 60.5 Å². The summed E-state index contributed by atoms with van der Waals surface area (Å²) in [4.78, 5) is 8.65. The predicted octanol–water partition coefficient (Wildman–Crippen LogP) is 8.84. The van der Waals surface area contributed by atoms with Gasteiger partial charge in [0.2, 0.25) is 0 Å². The van der Waals surface area contributed by atoms with E-state index in [0.29, 0.717) is 5.02 Å². The van der Waals surface area contributed by atoms with Gasteiger partial charge in [0.05, 0.1) is 28.5 Å². The van der Waals surface area contributed by atoms with Crippen LogP contribution in [0.2, 0.25) is 5.02 Å². The minimum absolute atomic E-state index is 0.698. The number of hydrogen-bond donors (Lipinski definition) is 2. The fraction of sp³-hybridized carbons (Fsp3) is 0. The third-order valence-corrected chi connectivity index (χ3v) is 6.69. The van der Waals surface area contributed by atoms with Crippen molar-refractivity contribution in [3.8, 4) is 11.3 Å². The second-order valence-electron chi connectivity index (χ2n) is 8.14. The van der Waals surface area contributed by atoms with Gasteiger partial charge >= 0.3 is 0 Å². The fourth-order valence-electron chi connectivity index (χ4n) is 4.33. The number of para-hydroxylation sites is 2. The summed E-state index contributed by atoms with van der Waals surface area (Å²) >= 11 is 9.99. The highest BCUT2D eigenvalue weighted by Gasteiger charge is 2.21. The molecule has 34 heavy (non-hydrogen) atoms. The van der Waals surface area contributed by atoms with E-state index >= 15 is 0 Å². The smallest absolute Gasteiger partial charge is 0.0871 e. The van der Waals surface area contributed by atoms with Crippen LogP contribution in [-0.2, 0) is 0 Å². The molecule has 164 valence electrons. The van der Waals surface area contributed by atoms with Gasteiger partial charge in [-0.2, -0.15) is 0 Å². The maximum absolute atomic E-state index is 6.46. The molecule has 5 aromatic rings. The first-order valence-electron chi connectivity index (χ1n) is 10.9. The molecule has 0 saturated heterocycles. The van der Waals surface area contributed by atoms with Crippen LogP contribution < -0.4 is 5.32 Å². The van der Waals surface area contributed by atoms with E-state index in [2.05, 4.69) is 74.8 Å². The summed E-state index contributed by atoms with van der Waals surface area (Å²) in [5.41, 5.74) is 8.96. The Hall–Kier alpha value is -3.60. The molecule has 1 aliphatic heterocycles. The molecule has 0 fully saturated rings. The predicted molar refractivity (Wildman–Crippen MR) is 147 cm³/mol. The summed E-state index contributed by atoms with van der Waals surface area (Å²) in [6.07, 6.45) is 2.12. The molecule has 1 aliphatic rings. The molecule has 0 saturated carbocycles. The lowest BCUT2D eigenvalue weighted by Crippen LogP contribution is -2.02. The molecule has 0 radical (unpaired) electrons. The average Bonchev–Trinajstić information content (AvgIpc) is 3.12. The molecule has 0 amide bonds. The number of nitrogens with zero attached hydrogens (tertiary/aromatic N) is 1. The first kappa shape index (κ1) is 21.0. The summed E-state index contributed by atoms with van der Waals surface area (Å²) in [6.45, 7) is 0. The molecule has 5 heteroatoms. The summed E-state index contributed by atoms with van der Waals surface area (Å²) < 4.78 is 1.03. The molecular formula is C29H19BrClN3. The van der Waals surface area contributed by atoms with Crippen LogP contribution in [0, 0.1) is 0 Å². The number of aliphatic imine (C=N–C) groups is 1. The quantitative estimate of drug-likeness (QED) is 0.243. The second kappa shape index (κ2) is 8.64. The Labute approximate surface area is 211 Å². The van der Waals surface area contributed by atoms with Crippen LogP contribution in [0.1, 0.15) is 11.1 Å². The maximum Gasteiger partial charge on any atom is 0.0871 e. The van der Waals surface area contributed by atoms with Crippen LogP contribution in [0.3, 0.4) is 0 Å². The number of anilines is 1. The van der Waals surface area contributed by atoms with Crippen molar-refractivity contribution in [2.45, 2.75) is 0 Å². The number of hydrogen-bond acceptors (Lipinski definition) is 2. The number of halogens is 2. The van der Waals surface area contributed by atoms with Gasteiger partial charge in [-0.25, -0.2) is 4.99 Å². The Bertz CT molecular complexity index is 1580. The first-order valence-corrected chi connectivity index (χ1v) is 12.1. The number of aromatic nitrogens is 1. The van der Waals surface area contributed by atoms with Gasteiger partial charge in [0.15, 0.2) is 0 Å². The van der Waals surface area contributed by atoms with Crippen LogP contribution in [-0.4, -0.2) is 10.7 Å². The Balaban J connectivity index is 1.63. The molecule has 0 aliphatic carbocycles. The van der Waals surface area contributed by atoms with Crippen molar-refractivity contribution in [2.75, 3.05) is 5.32 Å². The lowest BCUT2D eigenvalue weighted by atomic mass is 10.00. The molecular weight excluding hydrogens is 506 g/mol. The highest BCUT2D eigenvalue weighted by molar-refractivity contribution is 9.10. The standard InChI is InChI=1S/C29H19BrClN3/c30-20-12-10-18(11-13-20)26-17-27(33-25-9-5-4-8-24(25)32-26)28-22-16-21(31)14-15-23(22)34-29(28)19-6-2-1-3-7-19/h1-17,33-34H. The summed E-state index contributed by atoms with van der Waals surface area (Å²) in [5, 5.41) is 5.42. The minimum Gasteiger partial charge on any atom is -0.354 e. The van der Waals surface area contributed by atoms with E-state index in [1.54, 1.807) is 0 Å². The zero-order valence-corrected chi connectivity index (χ0v) is 20.4. The van der Waals surface area contributed by atoms with E-state index in [1.165, 1.54) is 0 Å². The van der Waals surface area contributed by atoms with Crippen molar-refractivity contribution in [1.82, 2.24) is 4.98 Å². The van der Waals surface area contributed by atoms with Crippen LogP contribution in [0.5, 0.6) is 0 Å². The Morgan fingerprint density at radius 1 is 0.765 bits per heavy atom. The largest absolute Gasteiger partial charge is 0.354 e. The van der Waals surface area contributed by atoms with E-state index in [9.17, 15) is 0 Å². The number of nitrogens with one attached hydrogen (secondary N) is 2. The van der Waals surface area contributed by atoms with Crippen molar-refractivity contribution in [2.24, 2.45) is 4.99 Å². The zero-order valence-electron chi connectivity index (χ0n) is 18.0. The van der Waals surface area contributed by atoms with Gasteiger partial charge in [0.1, 0.15) is 0 Å². The van der Waals surface area contributed by atoms with Gasteiger partial charge in [-0.3, -0.25) is 0 Å². The number of aromatic amines is 1. The van der Waals surface area contributed by atoms with Gasteiger partial charge in [-0.05, 0) is 54.1 Å². The lowest BCUT2D eigenvalue weighted by Gasteiger charge is -2.13. The van der Waals surface area contributed by atoms with Crippen LogP contribution >= 0.6 is 27.5 Å². The molecule has 0 bridgehead atoms. The SMILES string of the molecule is Clc1ccc2[nH]c(-c3ccccc3)c(C3=CC(c4ccc(Br)cc4)=Nc4ccccc4N3)c2c1. The molecule has 0 unspecified atom stereocenters. The normalized spacial score (nSPS) is 13.0. The van der Waals surface area contributed by atoms with Crippen molar-refractivity contribution in [3.05, 3.63) is 124 Å². The number of fused-ring (bicyclic) bond motifs is 2. The van der Waals surface area contributed by atoms with Crippen LogP contribution in [0.15, 0.2) is 113 Å². The number of H-pyrrole nitrogens is 1. The van der Waals surface area contributed by atoms with E-state index < -0.39 is 0 Å². The van der Waals surface area contributed by atoms with Crippen molar-refractivity contribution in [1.29, 1.82) is 0 Å². The Kier molecular flexibility index (Phi) is 5.33. The van der Waals surface area contributed by atoms with Crippen molar-refractivity contribution >= 4 is 61.2 Å².